The third-order valence-corrected chi connectivity index (χ3v) is 2.59. The number of amides is 1. The van der Waals surface area contributed by atoms with Gasteiger partial charge in [-0.15, -0.1) is 0 Å². The van der Waals surface area contributed by atoms with Crippen LogP contribution in [-0.4, -0.2) is 36.7 Å². The maximum absolute atomic E-state index is 12.0. The molecule has 0 unspecified atom stereocenters. The normalized spacial score (nSPS) is 10.8. The van der Waals surface area contributed by atoms with Crippen LogP contribution in [0.1, 0.15) is 31.1 Å². The zero-order chi connectivity index (χ0) is 17.1. The molecule has 0 aliphatic heterocycles. The molecule has 1 aromatic carbocycles. The second kappa shape index (κ2) is 6.42. The number of esters is 1. The zero-order valence-electron chi connectivity index (χ0n) is 13.1. The van der Waals surface area contributed by atoms with Crippen molar-refractivity contribution in [2.45, 2.75) is 26.4 Å². The molecule has 0 atom stereocenters. The van der Waals surface area contributed by atoms with Gasteiger partial charge in [0.15, 0.2) is 0 Å². The Kier molecular flexibility index (Phi) is 5.08. The van der Waals surface area contributed by atoms with Crippen LogP contribution < -0.4 is 4.90 Å². The fourth-order valence-corrected chi connectivity index (χ4v) is 1.57. The van der Waals surface area contributed by atoms with E-state index in [0.29, 0.717) is 0 Å². The molecule has 0 spiro atoms. The predicted molar refractivity (Wildman–Crippen MR) is 79.1 cm³/mol. The second-order valence-corrected chi connectivity index (χ2v) is 5.53. The van der Waals surface area contributed by atoms with Crippen LogP contribution in [0.4, 0.5) is 16.2 Å². The van der Waals surface area contributed by atoms with Crippen LogP contribution >= 0.6 is 0 Å². The smallest absolute Gasteiger partial charge is 0.414 e. The largest absolute Gasteiger partial charge is 0.465 e. The molecule has 120 valence electrons. The lowest BCUT2D eigenvalue weighted by Gasteiger charge is -2.24. The number of anilines is 1. The Bertz CT molecular complexity index is 606. The van der Waals surface area contributed by atoms with E-state index in [9.17, 15) is 19.7 Å². The summed E-state index contributed by atoms with van der Waals surface area (Å²) in [6.07, 6.45) is -0.691. The third-order valence-electron chi connectivity index (χ3n) is 2.59. The summed E-state index contributed by atoms with van der Waals surface area (Å²) >= 11 is 0. The fourth-order valence-electron chi connectivity index (χ4n) is 1.57. The first-order valence-electron chi connectivity index (χ1n) is 6.39. The van der Waals surface area contributed by atoms with Crippen LogP contribution in [0.15, 0.2) is 18.2 Å². The van der Waals surface area contributed by atoms with Gasteiger partial charge < -0.3 is 9.47 Å². The Labute approximate surface area is 127 Å². The van der Waals surface area contributed by atoms with E-state index in [1.54, 1.807) is 20.8 Å². The quantitative estimate of drug-likeness (QED) is 0.483. The minimum absolute atomic E-state index is 0.0258. The van der Waals surface area contributed by atoms with Crippen molar-refractivity contribution in [2.75, 3.05) is 19.1 Å². The molecule has 0 aliphatic carbocycles. The molecule has 0 aliphatic rings. The van der Waals surface area contributed by atoms with E-state index in [0.717, 1.165) is 11.0 Å². The van der Waals surface area contributed by atoms with Gasteiger partial charge in [-0.2, -0.15) is 0 Å². The SMILES string of the molecule is COC(=O)c1cc(N(C)C(=O)OC(C)(C)C)cc([N+](=O)[O-])c1. The molecular formula is C14H18N2O6. The summed E-state index contributed by atoms with van der Waals surface area (Å²) in [7, 11) is 2.56. The number of rotatable bonds is 3. The molecule has 1 rings (SSSR count). The van der Waals surface area contributed by atoms with Crippen LogP contribution in [0.5, 0.6) is 0 Å². The first kappa shape index (κ1) is 17.4. The van der Waals surface area contributed by atoms with Crippen molar-refractivity contribution in [1.82, 2.24) is 0 Å². The Morgan fingerprint density at radius 1 is 1.23 bits per heavy atom. The van der Waals surface area contributed by atoms with Crippen LogP contribution in [0.3, 0.4) is 0 Å². The summed E-state index contributed by atoms with van der Waals surface area (Å²) in [6.45, 7) is 5.10. The molecule has 0 radical (unpaired) electrons. The number of carbonyl (C=O) groups excluding carboxylic acids is 2. The molecule has 8 nitrogen and oxygen atoms in total. The number of nitro groups is 1. The van der Waals surface area contributed by atoms with Gasteiger partial charge in [0.05, 0.1) is 23.3 Å². The molecular weight excluding hydrogens is 292 g/mol. The van der Waals surface area contributed by atoms with Crippen LogP contribution in [0.25, 0.3) is 0 Å². The van der Waals surface area contributed by atoms with Crippen molar-refractivity contribution < 1.29 is 24.0 Å². The summed E-state index contributed by atoms with van der Waals surface area (Å²) in [5, 5.41) is 11.0. The molecule has 22 heavy (non-hydrogen) atoms. The topological polar surface area (TPSA) is 99.0 Å². The van der Waals surface area contributed by atoms with Crippen LogP contribution in [0.2, 0.25) is 0 Å². The van der Waals surface area contributed by atoms with Crippen molar-refractivity contribution in [3.05, 3.63) is 33.9 Å². The molecule has 0 heterocycles. The Morgan fingerprint density at radius 3 is 2.27 bits per heavy atom. The van der Waals surface area contributed by atoms with Crippen LogP contribution in [0, 0.1) is 10.1 Å². The van der Waals surface area contributed by atoms with Crippen molar-refractivity contribution >= 4 is 23.4 Å². The Hall–Kier alpha value is -2.64. The average Bonchev–Trinajstić information content (AvgIpc) is 2.43. The van der Waals surface area contributed by atoms with Gasteiger partial charge in [0.2, 0.25) is 0 Å². The highest BCUT2D eigenvalue weighted by Gasteiger charge is 2.23. The maximum atomic E-state index is 12.0. The molecule has 0 bridgehead atoms. The number of non-ortho nitro benzene ring substituents is 1. The van der Waals surface area contributed by atoms with Gasteiger partial charge in [0.1, 0.15) is 5.60 Å². The van der Waals surface area contributed by atoms with E-state index >= 15 is 0 Å². The van der Waals surface area contributed by atoms with Crippen molar-refractivity contribution in [3.63, 3.8) is 0 Å². The molecule has 1 aromatic rings. The van der Waals surface area contributed by atoms with Crippen molar-refractivity contribution in [3.8, 4) is 0 Å². The summed E-state index contributed by atoms with van der Waals surface area (Å²) in [4.78, 5) is 35.0. The van der Waals surface area contributed by atoms with Gasteiger partial charge in [-0.1, -0.05) is 0 Å². The average molecular weight is 310 g/mol. The number of methoxy groups -OCH3 is 1. The Morgan fingerprint density at radius 2 is 1.82 bits per heavy atom. The van der Waals surface area contributed by atoms with E-state index < -0.39 is 22.6 Å². The summed E-state index contributed by atoms with van der Waals surface area (Å²) < 4.78 is 9.73. The van der Waals surface area contributed by atoms with Gasteiger partial charge in [-0.3, -0.25) is 15.0 Å². The van der Waals surface area contributed by atoms with E-state index in [1.807, 2.05) is 0 Å². The monoisotopic (exact) mass is 310 g/mol. The second-order valence-electron chi connectivity index (χ2n) is 5.53. The number of benzene rings is 1. The summed E-state index contributed by atoms with van der Waals surface area (Å²) in [6, 6.07) is 3.58. The van der Waals surface area contributed by atoms with E-state index in [4.69, 9.17) is 4.74 Å². The molecule has 0 saturated carbocycles. The number of hydrogen-bond acceptors (Lipinski definition) is 6. The van der Waals surface area contributed by atoms with E-state index in [1.165, 1.54) is 26.3 Å². The maximum Gasteiger partial charge on any atom is 0.414 e. The number of carbonyl (C=O) groups is 2. The van der Waals surface area contributed by atoms with Gasteiger partial charge in [-0.25, -0.2) is 9.59 Å². The molecule has 0 fully saturated rings. The first-order valence-corrected chi connectivity index (χ1v) is 6.39. The number of nitrogens with zero attached hydrogens (tertiary/aromatic N) is 2. The van der Waals surface area contributed by atoms with E-state index in [2.05, 4.69) is 4.74 Å². The molecule has 8 heteroatoms. The van der Waals surface area contributed by atoms with Gasteiger partial charge in [0.25, 0.3) is 5.69 Å². The van der Waals surface area contributed by atoms with E-state index in [-0.39, 0.29) is 16.9 Å². The summed E-state index contributed by atoms with van der Waals surface area (Å²) in [5.74, 6) is -0.734. The van der Waals surface area contributed by atoms with Crippen LogP contribution in [-0.2, 0) is 9.47 Å². The zero-order valence-corrected chi connectivity index (χ0v) is 13.1. The predicted octanol–water partition coefficient (Wildman–Crippen LogP) is 2.75. The minimum atomic E-state index is -0.734. The highest BCUT2D eigenvalue weighted by Crippen LogP contribution is 2.25. The molecule has 1 amide bonds. The van der Waals surface area contributed by atoms with Gasteiger partial charge >= 0.3 is 12.1 Å². The third kappa shape index (κ3) is 4.44. The van der Waals surface area contributed by atoms with Crippen molar-refractivity contribution in [1.29, 1.82) is 0 Å². The lowest BCUT2D eigenvalue weighted by molar-refractivity contribution is -0.384. The minimum Gasteiger partial charge on any atom is -0.465 e. The molecule has 0 saturated heterocycles. The van der Waals surface area contributed by atoms with Gasteiger partial charge in [-0.05, 0) is 26.8 Å². The standard InChI is InChI=1S/C14H18N2O6/c1-14(2,3)22-13(18)15(4)10-6-9(12(17)21-5)7-11(8-10)16(19)20/h6-8H,1-5H3. The number of nitro benzene ring substituents is 1. The number of ether oxygens (including phenoxy) is 2. The molecule has 0 N–H and O–H groups in total. The Balaban J connectivity index is 3.22. The van der Waals surface area contributed by atoms with Crippen molar-refractivity contribution in [2.24, 2.45) is 0 Å². The summed E-state index contributed by atoms with van der Waals surface area (Å²) in [5.41, 5.74) is -0.906. The number of hydrogen-bond donors (Lipinski definition) is 0. The lowest BCUT2D eigenvalue weighted by Crippen LogP contribution is -2.34. The molecule has 0 aromatic heterocycles. The fraction of sp³-hybridized carbons (Fsp3) is 0.429. The first-order chi connectivity index (χ1) is 10.0. The highest BCUT2D eigenvalue weighted by molar-refractivity contribution is 5.94. The van der Waals surface area contributed by atoms with Gasteiger partial charge in [0, 0.05) is 19.2 Å². The lowest BCUT2D eigenvalue weighted by atomic mass is 10.1. The highest BCUT2D eigenvalue weighted by atomic mass is 16.6.